The Hall–Kier alpha value is -3.28. The smallest absolute Gasteiger partial charge is 0.251 e. The third-order valence-electron chi connectivity index (χ3n) is 8.66. The molecule has 34 heavy (non-hydrogen) atoms. The third-order valence-corrected chi connectivity index (χ3v) is 8.66. The molecule has 4 aliphatic rings. The van der Waals surface area contributed by atoms with Gasteiger partial charge in [-0.1, -0.05) is 24.3 Å². The number of anilines is 1. The number of benzene rings is 2. The lowest BCUT2D eigenvalue weighted by Gasteiger charge is -2.18. The molecule has 1 amide bonds. The van der Waals surface area contributed by atoms with Gasteiger partial charge in [-0.3, -0.25) is 4.79 Å². The zero-order valence-corrected chi connectivity index (χ0v) is 19.0. The van der Waals surface area contributed by atoms with E-state index in [-0.39, 0.29) is 17.3 Å². The van der Waals surface area contributed by atoms with Crippen LogP contribution in [0.2, 0.25) is 0 Å². The molecule has 172 valence electrons. The molecule has 1 aromatic heterocycles. The number of halogens is 1. The molecule has 2 heterocycles. The minimum absolute atomic E-state index is 0.177. The van der Waals surface area contributed by atoms with Gasteiger partial charge in [0, 0.05) is 23.2 Å². The van der Waals surface area contributed by atoms with E-state index >= 15 is 4.39 Å². The van der Waals surface area contributed by atoms with Crippen molar-refractivity contribution in [3.63, 3.8) is 0 Å². The number of carbonyl (C=O) groups excluding carboxylic acids is 1. The number of nitrogens with one attached hydrogen (secondary N) is 1. The number of amides is 1. The van der Waals surface area contributed by atoms with Crippen LogP contribution < -0.4 is 11.1 Å². The van der Waals surface area contributed by atoms with E-state index in [1.165, 1.54) is 43.7 Å². The molecule has 3 aliphatic carbocycles. The van der Waals surface area contributed by atoms with Crippen LogP contribution in [0.4, 0.5) is 10.2 Å². The summed E-state index contributed by atoms with van der Waals surface area (Å²) in [6, 6.07) is 11.7. The summed E-state index contributed by atoms with van der Waals surface area (Å²) in [5.74, 6) is 2.20. The van der Waals surface area contributed by atoms with E-state index in [9.17, 15) is 4.79 Å². The largest absolute Gasteiger partial charge is 0.382 e. The van der Waals surface area contributed by atoms with Gasteiger partial charge in [-0.25, -0.2) is 14.4 Å². The van der Waals surface area contributed by atoms with Crippen molar-refractivity contribution in [1.29, 1.82) is 0 Å². The molecular formula is C28H27FN4O. The fraction of sp³-hybridized carbons (Fsp3) is 0.393. The van der Waals surface area contributed by atoms with Crippen LogP contribution >= 0.6 is 0 Å². The van der Waals surface area contributed by atoms with Crippen molar-refractivity contribution in [1.82, 2.24) is 15.3 Å². The Morgan fingerprint density at radius 2 is 1.88 bits per heavy atom. The van der Waals surface area contributed by atoms with Gasteiger partial charge in [0.05, 0.1) is 11.9 Å². The van der Waals surface area contributed by atoms with Gasteiger partial charge in [-0.2, -0.15) is 0 Å². The fourth-order valence-electron chi connectivity index (χ4n) is 6.59. The van der Waals surface area contributed by atoms with E-state index in [0.29, 0.717) is 35.3 Å². The van der Waals surface area contributed by atoms with Crippen LogP contribution in [0.25, 0.3) is 22.5 Å². The lowest BCUT2D eigenvalue weighted by atomic mass is 9.88. The van der Waals surface area contributed by atoms with Crippen molar-refractivity contribution in [2.75, 3.05) is 12.3 Å². The average molecular weight is 455 g/mol. The van der Waals surface area contributed by atoms with Gasteiger partial charge < -0.3 is 11.1 Å². The quantitative estimate of drug-likeness (QED) is 0.588. The van der Waals surface area contributed by atoms with Crippen LogP contribution in [0, 0.1) is 23.6 Å². The highest BCUT2D eigenvalue weighted by Gasteiger charge is 2.62. The highest BCUT2D eigenvalue weighted by atomic mass is 19.1. The third kappa shape index (κ3) is 3.07. The molecule has 3 atom stereocenters. The van der Waals surface area contributed by atoms with E-state index < -0.39 is 5.82 Å². The second kappa shape index (κ2) is 7.11. The predicted octanol–water partition coefficient (Wildman–Crippen LogP) is 4.90. The van der Waals surface area contributed by atoms with Crippen molar-refractivity contribution < 1.29 is 9.18 Å². The van der Waals surface area contributed by atoms with Crippen molar-refractivity contribution in [3.8, 4) is 22.5 Å². The zero-order chi connectivity index (χ0) is 23.0. The summed E-state index contributed by atoms with van der Waals surface area (Å²) in [6.45, 7) is 0.536. The van der Waals surface area contributed by atoms with Crippen LogP contribution in [-0.2, 0) is 11.8 Å². The molecule has 1 aliphatic heterocycles. The van der Waals surface area contributed by atoms with Crippen molar-refractivity contribution in [3.05, 3.63) is 65.1 Å². The second-order valence-electron chi connectivity index (χ2n) is 10.7. The minimum Gasteiger partial charge on any atom is -0.382 e. The van der Waals surface area contributed by atoms with Crippen molar-refractivity contribution in [2.45, 2.75) is 43.9 Å². The summed E-state index contributed by atoms with van der Waals surface area (Å²) >= 11 is 0. The number of nitrogens with two attached hydrogens (primary N) is 1. The summed E-state index contributed by atoms with van der Waals surface area (Å²) in [7, 11) is 0. The molecular weight excluding hydrogens is 427 g/mol. The first kappa shape index (κ1) is 20.1. The van der Waals surface area contributed by atoms with Gasteiger partial charge in [0.1, 0.15) is 17.3 Å². The zero-order valence-electron chi connectivity index (χ0n) is 19.0. The Bertz CT molecular complexity index is 1330. The number of fused-ring (bicyclic) bond motifs is 2. The van der Waals surface area contributed by atoms with Crippen LogP contribution in [0.5, 0.6) is 0 Å². The monoisotopic (exact) mass is 454 g/mol. The number of hydrogen-bond donors (Lipinski definition) is 2. The Morgan fingerprint density at radius 1 is 1.06 bits per heavy atom. The highest BCUT2D eigenvalue weighted by molar-refractivity contribution is 5.97. The van der Waals surface area contributed by atoms with E-state index in [4.69, 9.17) is 10.7 Å². The maximum absolute atomic E-state index is 15.0. The summed E-state index contributed by atoms with van der Waals surface area (Å²) in [4.78, 5) is 21.1. The molecule has 7 rings (SSSR count). The molecule has 3 fully saturated rings. The first-order valence-electron chi connectivity index (χ1n) is 12.4. The molecule has 1 unspecified atom stereocenters. The van der Waals surface area contributed by atoms with E-state index in [0.717, 1.165) is 28.9 Å². The fourth-order valence-corrected chi connectivity index (χ4v) is 6.59. The number of carbonyl (C=O) groups is 1. The Morgan fingerprint density at radius 3 is 2.68 bits per heavy atom. The first-order valence-corrected chi connectivity index (χ1v) is 12.4. The predicted molar refractivity (Wildman–Crippen MR) is 129 cm³/mol. The lowest BCUT2D eigenvalue weighted by Crippen LogP contribution is -2.32. The maximum atomic E-state index is 15.0. The molecule has 0 radical (unpaired) electrons. The van der Waals surface area contributed by atoms with Gasteiger partial charge in [-0.05, 0) is 85.0 Å². The molecule has 2 aromatic carbocycles. The number of nitrogen functional groups attached to an aromatic ring is 1. The first-order chi connectivity index (χ1) is 16.5. The van der Waals surface area contributed by atoms with Crippen LogP contribution in [0.3, 0.4) is 0 Å². The van der Waals surface area contributed by atoms with Crippen molar-refractivity contribution >= 4 is 11.7 Å². The van der Waals surface area contributed by atoms with Crippen molar-refractivity contribution in [2.24, 2.45) is 17.8 Å². The van der Waals surface area contributed by atoms with Crippen LogP contribution in [-0.4, -0.2) is 22.4 Å². The van der Waals surface area contributed by atoms with Gasteiger partial charge in [0.25, 0.3) is 5.91 Å². The molecule has 5 nitrogen and oxygen atoms in total. The Balaban J connectivity index is 1.20. The van der Waals surface area contributed by atoms with Gasteiger partial charge >= 0.3 is 0 Å². The Labute approximate surface area is 198 Å². The molecule has 3 saturated carbocycles. The van der Waals surface area contributed by atoms with E-state index in [1.807, 2.05) is 0 Å². The summed E-state index contributed by atoms with van der Waals surface area (Å²) in [5.41, 5.74) is 11.4. The number of hydrogen-bond acceptors (Lipinski definition) is 4. The van der Waals surface area contributed by atoms with Crippen LogP contribution in [0.1, 0.15) is 53.6 Å². The summed E-state index contributed by atoms with van der Waals surface area (Å²) < 4.78 is 15.0. The maximum Gasteiger partial charge on any atom is 0.251 e. The molecule has 3 aromatic rings. The average Bonchev–Trinajstić information content (AvgIpc) is 3.78. The standard InChI is InChI=1S/C28H27FN4O/c29-23-11-21-17(7-8-31-27(21)34)10-22(23)25-26(30)32-14-24(33-25)16-3-5-19(6-4-16)28-12-18(15-1-2-15)9-20(28)13-28/h3-6,10-11,14-15,18,20H,1-2,7-9,12-13H2,(H2,30,32)(H,31,34)/t18?,20-,28+/m1/s1. The number of nitrogens with zero attached hydrogens (tertiary/aromatic N) is 2. The number of rotatable bonds is 4. The molecule has 0 saturated heterocycles. The number of aromatic nitrogens is 2. The normalized spacial score (nSPS) is 27.1. The minimum atomic E-state index is -0.519. The molecule has 6 heteroatoms. The van der Waals surface area contributed by atoms with Crippen LogP contribution in [0.15, 0.2) is 42.6 Å². The topological polar surface area (TPSA) is 80.9 Å². The lowest BCUT2D eigenvalue weighted by molar-refractivity contribution is 0.0945. The van der Waals surface area contributed by atoms with E-state index in [1.54, 1.807) is 12.3 Å². The second-order valence-corrected chi connectivity index (χ2v) is 10.7. The van der Waals surface area contributed by atoms with Gasteiger partial charge in [0.15, 0.2) is 0 Å². The highest BCUT2D eigenvalue weighted by Crippen LogP contribution is 2.69. The molecule has 0 bridgehead atoms. The molecule has 3 N–H and O–H groups in total. The summed E-state index contributed by atoms with van der Waals surface area (Å²) in [6.07, 6.45) is 9.25. The van der Waals surface area contributed by atoms with Gasteiger partial charge in [-0.15, -0.1) is 0 Å². The Kier molecular flexibility index (Phi) is 4.21. The van der Waals surface area contributed by atoms with E-state index in [2.05, 4.69) is 34.6 Å². The van der Waals surface area contributed by atoms with Gasteiger partial charge in [0.2, 0.25) is 0 Å². The SMILES string of the molecule is Nc1ncc(-c2ccc([C@@]34CC(C5CC5)C[C@@H]3C4)cc2)nc1-c1cc2c(cc1F)C(=O)NCC2. The summed E-state index contributed by atoms with van der Waals surface area (Å²) in [5, 5.41) is 2.75. The molecule has 0 spiro atoms.